The Morgan fingerprint density at radius 2 is 2.04 bits per heavy atom. The monoisotopic (exact) mass is 442 g/mol. The largest absolute Gasteiger partial charge is 0.483 e. The molecule has 25 heavy (non-hydrogen) atoms. The van der Waals surface area contributed by atoms with Gasteiger partial charge in [-0.25, -0.2) is 5.43 Å². The predicted octanol–water partition coefficient (Wildman–Crippen LogP) is 5.24. The summed E-state index contributed by atoms with van der Waals surface area (Å²) in [6.07, 6.45) is 3.56. The molecule has 0 aliphatic carbocycles. The zero-order chi connectivity index (χ0) is 18.2. The molecule has 0 aliphatic rings. The fourth-order valence-corrected chi connectivity index (χ4v) is 2.90. The molecule has 2 rings (SSSR count). The third kappa shape index (κ3) is 6.34. The standard InChI is InChI=1S/C18H17BrCl2N2O2/c1-2-3-12-5-7-17(14(19)8-12)25-11-18(24)23-22-10-13-4-6-15(20)16(21)9-13/h4-10H,2-3,11H2,1H3,(H,23,24)/b22-10+. The van der Waals surface area contributed by atoms with Crippen molar-refractivity contribution >= 4 is 51.3 Å². The molecule has 132 valence electrons. The fraction of sp³-hybridized carbons (Fsp3) is 0.222. The van der Waals surface area contributed by atoms with Crippen LogP contribution < -0.4 is 10.2 Å². The Morgan fingerprint density at radius 3 is 2.72 bits per heavy atom. The Balaban J connectivity index is 1.84. The molecule has 0 saturated heterocycles. The highest BCUT2D eigenvalue weighted by Crippen LogP contribution is 2.26. The number of rotatable bonds is 7. The second-order valence-electron chi connectivity index (χ2n) is 5.27. The predicted molar refractivity (Wildman–Crippen MR) is 106 cm³/mol. The molecule has 1 amide bonds. The van der Waals surface area contributed by atoms with E-state index in [-0.39, 0.29) is 12.5 Å². The average Bonchev–Trinajstić information content (AvgIpc) is 2.57. The zero-order valence-corrected chi connectivity index (χ0v) is 16.7. The number of hydrogen-bond donors (Lipinski definition) is 1. The van der Waals surface area contributed by atoms with Crippen molar-refractivity contribution in [1.82, 2.24) is 5.43 Å². The summed E-state index contributed by atoms with van der Waals surface area (Å²) in [7, 11) is 0. The van der Waals surface area contributed by atoms with Crippen LogP contribution in [0.25, 0.3) is 0 Å². The molecule has 0 unspecified atom stereocenters. The molecular formula is C18H17BrCl2N2O2. The zero-order valence-electron chi connectivity index (χ0n) is 13.6. The van der Waals surface area contributed by atoms with Crippen LogP contribution in [0.2, 0.25) is 10.0 Å². The van der Waals surface area contributed by atoms with Gasteiger partial charge in [0, 0.05) is 0 Å². The maximum Gasteiger partial charge on any atom is 0.277 e. The fourth-order valence-electron chi connectivity index (χ4n) is 2.05. The van der Waals surface area contributed by atoms with Crippen molar-refractivity contribution in [2.24, 2.45) is 5.10 Å². The van der Waals surface area contributed by atoms with E-state index in [2.05, 4.69) is 33.4 Å². The van der Waals surface area contributed by atoms with Gasteiger partial charge in [-0.2, -0.15) is 5.10 Å². The lowest BCUT2D eigenvalue weighted by atomic mass is 10.1. The lowest BCUT2D eigenvalue weighted by Gasteiger charge is -2.08. The average molecular weight is 444 g/mol. The van der Waals surface area contributed by atoms with Crippen molar-refractivity contribution in [1.29, 1.82) is 0 Å². The quantitative estimate of drug-likeness (QED) is 0.470. The Labute approximate surface area is 165 Å². The van der Waals surface area contributed by atoms with Gasteiger partial charge in [0.05, 0.1) is 20.7 Å². The summed E-state index contributed by atoms with van der Waals surface area (Å²) < 4.78 is 6.32. The van der Waals surface area contributed by atoms with Gasteiger partial charge in [0.25, 0.3) is 5.91 Å². The van der Waals surface area contributed by atoms with Crippen LogP contribution in [0.1, 0.15) is 24.5 Å². The highest BCUT2D eigenvalue weighted by atomic mass is 79.9. The van der Waals surface area contributed by atoms with E-state index in [1.165, 1.54) is 11.8 Å². The summed E-state index contributed by atoms with van der Waals surface area (Å²) in [6, 6.07) is 10.9. The number of halogens is 3. The summed E-state index contributed by atoms with van der Waals surface area (Å²) in [5.74, 6) is 0.254. The van der Waals surface area contributed by atoms with Gasteiger partial charge in [-0.3, -0.25) is 4.79 Å². The van der Waals surface area contributed by atoms with Crippen molar-refractivity contribution in [3.05, 3.63) is 62.0 Å². The van der Waals surface area contributed by atoms with E-state index in [0.717, 1.165) is 22.9 Å². The minimum Gasteiger partial charge on any atom is -0.483 e. The van der Waals surface area contributed by atoms with Crippen LogP contribution in [0.5, 0.6) is 5.75 Å². The maximum atomic E-state index is 11.8. The molecule has 0 spiro atoms. The van der Waals surface area contributed by atoms with Crippen LogP contribution >= 0.6 is 39.1 Å². The van der Waals surface area contributed by atoms with Crippen LogP contribution in [0.15, 0.2) is 46.0 Å². The van der Waals surface area contributed by atoms with E-state index in [1.807, 2.05) is 18.2 Å². The molecule has 0 aliphatic heterocycles. The van der Waals surface area contributed by atoms with Crippen molar-refractivity contribution in [3.63, 3.8) is 0 Å². The number of carbonyl (C=O) groups excluding carboxylic acids is 1. The van der Waals surface area contributed by atoms with Crippen LogP contribution in [0.4, 0.5) is 0 Å². The van der Waals surface area contributed by atoms with Gasteiger partial charge in [0.1, 0.15) is 5.75 Å². The van der Waals surface area contributed by atoms with E-state index < -0.39 is 0 Å². The molecule has 2 aromatic carbocycles. The third-order valence-corrected chi connectivity index (χ3v) is 4.60. The first-order chi connectivity index (χ1) is 12.0. The van der Waals surface area contributed by atoms with Gasteiger partial charge in [-0.05, 0) is 57.7 Å². The van der Waals surface area contributed by atoms with E-state index in [1.54, 1.807) is 18.2 Å². The van der Waals surface area contributed by atoms with Gasteiger partial charge in [0.2, 0.25) is 0 Å². The van der Waals surface area contributed by atoms with E-state index in [4.69, 9.17) is 27.9 Å². The second kappa shape index (κ2) is 9.80. The van der Waals surface area contributed by atoms with E-state index in [0.29, 0.717) is 15.8 Å². The molecule has 0 saturated carbocycles. The number of ether oxygens (including phenoxy) is 1. The number of nitrogens with one attached hydrogen (secondary N) is 1. The Hall–Kier alpha value is -1.56. The Morgan fingerprint density at radius 1 is 1.24 bits per heavy atom. The summed E-state index contributed by atoms with van der Waals surface area (Å²) in [5.41, 5.74) is 4.35. The summed E-state index contributed by atoms with van der Waals surface area (Å²) in [6.45, 7) is 1.99. The van der Waals surface area contributed by atoms with E-state index in [9.17, 15) is 4.79 Å². The normalized spacial score (nSPS) is 10.9. The second-order valence-corrected chi connectivity index (χ2v) is 6.94. The molecule has 4 nitrogen and oxygen atoms in total. The van der Waals surface area contributed by atoms with Gasteiger partial charge < -0.3 is 4.74 Å². The van der Waals surface area contributed by atoms with Crippen molar-refractivity contribution in [2.75, 3.05) is 6.61 Å². The van der Waals surface area contributed by atoms with Gasteiger partial charge in [-0.1, -0.05) is 48.7 Å². The number of aryl methyl sites for hydroxylation is 1. The number of hydrazone groups is 1. The Kier molecular flexibility index (Phi) is 7.75. The van der Waals surface area contributed by atoms with Crippen LogP contribution in [-0.2, 0) is 11.2 Å². The van der Waals surface area contributed by atoms with Gasteiger partial charge in [0.15, 0.2) is 6.61 Å². The minimum atomic E-state index is -0.360. The molecule has 1 N–H and O–H groups in total. The van der Waals surface area contributed by atoms with Gasteiger partial charge in [-0.15, -0.1) is 0 Å². The number of carbonyl (C=O) groups is 1. The first-order valence-corrected chi connectivity index (χ1v) is 9.22. The smallest absolute Gasteiger partial charge is 0.277 e. The number of hydrogen-bond acceptors (Lipinski definition) is 3. The summed E-state index contributed by atoms with van der Waals surface area (Å²) in [4.78, 5) is 11.8. The third-order valence-electron chi connectivity index (χ3n) is 3.24. The highest BCUT2D eigenvalue weighted by molar-refractivity contribution is 9.10. The first kappa shape index (κ1) is 19.8. The maximum absolute atomic E-state index is 11.8. The van der Waals surface area contributed by atoms with Crippen LogP contribution in [0, 0.1) is 0 Å². The topological polar surface area (TPSA) is 50.7 Å². The minimum absolute atomic E-state index is 0.134. The molecule has 0 heterocycles. The lowest BCUT2D eigenvalue weighted by molar-refractivity contribution is -0.123. The Bertz CT molecular complexity index is 782. The first-order valence-electron chi connectivity index (χ1n) is 7.67. The molecule has 7 heteroatoms. The van der Waals surface area contributed by atoms with Crippen molar-refractivity contribution < 1.29 is 9.53 Å². The molecule has 0 bridgehead atoms. The number of nitrogens with zero attached hydrogens (tertiary/aromatic N) is 1. The molecule has 0 aromatic heterocycles. The van der Waals surface area contributed by atoms with Crippen molar-refractivity contribution in [3.8, 4) is 5.75 Å². The molecule has 0 atom stereocenters. The number of amides is 1. The molecular weight excluding hydrogens is 427 g/mol. The van der Waals surface area contributed by atoms with Crippen molar-refractivity contribution in [2.45, 2.75) is 19.8 Å². The van der Waals surface area contributed by atoms with Crippen LogP contribution in [0.3, 0.4) is 0 Å². The molecule has 0 fully saturated rings. The summed E-state index contributed by atoms with van der Waals surface area (Å²) in [5, 5.41) is 4.76. The highest BCUT2D eigenvalue weighted by Gasteiger charge is 2.06. The lowest BCUT2D eigenvalue weighted by Crippen LogP contribution is -2.24. The number of benzene rings is 2. The van der Waals surface area contributed by atoms with Gasteiger partial charge >= 0.3 is 0 Å². The summed E-state index contributed by atoms with van der Waals surface area (Å²) >= 11 is 15.2. The molecule has 0 radical (unpaired) electrons. The van der Waals surface area contributed by atoms with Crippen LogP contribution in [-0.4, -0.2) is 18.7 Å². The van der Waals surface area contributed by atoms with E-state index >= 15 is 0 Å². The molecule has 2 aromatic rings. The SMILES string of the molecule is CCCc1ccc(OCC(=O)N/N=C/c2ccc(Cl)c(Cl)c2)c(Br)c1.